The molecular formula is C13H19NO5S. The summed E-state index contributed by atoms with van der Waals surface area (Å²) in [6.07, 6.45) is 0.611. The number of ether oxygens (including phenoxy) is 1. The summed E-state index contributed by atoms with van der Waals surface area (Å²) in [7, 11) is -2.64. The van der Waals surface area contributed by atoms with Crippen LogP contribution in [-0.2, 0) is 14.8 Å². The Hall–Kier alpha value is -1.44. The fourth-order valence-corrected chi connectivity index (χ4v) is 3.53. The second-order valence-electron chi connectivity index (χ2n) is 4.12. The lowest BCUT2D eigenvalue weighted by Crippen LogP contribution is -2.35. The van der Waals surface area contributed by atoms with Crippen molar-refractivity contribution in [3.8, 4) is 0 Å². The number of rotatable bonds is 7. The summed E-state index contributed by atoms with van der Waals surface area (Å²) in [6.45, 7) is 1.83. The van der Waals surface area contributed by atoms with Gasteiger partial charge in [0.2, 0.25) is 10.0 Å². The molecule has 0 aromatic heterocycles. The van der Waals surface area contributed by atoms with Crippen molar-refractivity contribution in [2.75, 3.05) is 26.8 Å². The number of methoxy groups -OCH3 is 1. The van der Waals surface area contributed by atoms with Crippen LogP contribution in [0.5, 0.6) is 0 Å². The van der Waals surface area contributed by atoms with Crippen molar-refractivity contribution in [2.24, 2.45) is 0 Å². The molecule has 20 heavy (non-hydrogen) atoms. The highest BCUT2D eigenvalue weighted by atomic mass is 32.2. The normalized spacial score (nSPS) is 11.6. The number of hydrogen-bond acceptors (Lipinski definition) is 5. The van der Waals surface area contributed by atoms with Crippen LogP contribution < -0.4 is 0 Å². The van der Waals surface area contributed by atoms with Crippen molar-refractivity contribution in [3.63, 3.8) is 0 Å². The third-order valence-electron chi connectivity index (χ3n) is 2.73. The molecule has 1 rings (SSSR count). The first-order valence-corrected chi connectivity index (χ1v) is 7.71. The Balaban J connectivity index is 3.30. The van der Waals surface area contributed by atoms with Crippen LogP contribution in [-0.4, -0.2) is 50.6 Å². The average Bonchev–Trinajstić information content (AvgIpc) is 2.46. The summed E-state index contributed by atoms with van der Waals surface area (Å²) in [5, 5.41) is 9.00. The number of carbonyl (C=O) groups excluding carboxylic acids is 1. The van der Waals surface area contributed by atoms with Gasteiger partial charge in [0, 0.05) is 13.1 Å². The van der Waals surface area contributed by atoms with Crippen LogP contribution in [0.4, 0.5) is 0 Å². The van der Waals surface area contributed by atoms with E-state index in [-0.39, 0.29) is 30.2 Å². The van der Waals surface area contributed by atoms with Crippen LogP contribution >= 0.6 is 0 Å². The lowest BCUT2D eigenvalue weighted by atomic mass is 10.2. The van der Waals surface area contributed by atoms with Gasteiger partial charge in [0.15, 0.2) is 0 Å². The lowest BCUT2D eigenvalue weighted by molar-refractivity contribution is 0.0596. The van der Waals surface area contributed by atoms with Gasteiger partial charge in [-0.2, -0.15) is 4.31 Å². The van der Waals surface area contributed by atoms with E-state index in [1.54, 1.807) is 12.1 Å². The molecule has 7 heteroatoms. The molecule has 0 atom stereocenters. The molecule has 0 heterocycles. The zero-order valence-corrected chi connectivity index (χ0v) is 12.4. The van der Waals surface area contributed by atoms with Crippen molar-refractivity contribution < 1.29 is 23.1 Å². The topological polar surface area (TPSA) is 83.9 Å². The molecule has 6 nitrogen and oxygen atoms in total. The van der Waals surface area contributed by atoms with Gasteiger partial charge in [-0.1, -0.05) is 19.1 Å². The maximum atomic E-state index is 12.6. The van der Waals surface area contributed by atoms with Crippen molar-refractivity contribution in [3.05, 3.63) is 29.8 Å². The molecule has 1 aromatic rings. The Morgan fingerprint density at radius 1 is 1.30 bits per heavy atom. The fourth-order valence-electron chi connectivity index (χ4n) is 1.82. The number of aliphatic hydroxyl groups excluding tert-OH is 1. The predicted molar refractivity (Wildman–Crippen MR) is 73.9 cm³/mol. The van der Waals surface area contributed by atoms with E-state index < -0.39 is 16.0 Å². The second kappa shape index (κ2) is 7.37. The first kappa shape index (κ1) is 16.6. The van der Waals surface area contributed by atoms with Gasteiger partial charge in [0.1, 0.15) is 0 Å². The minimum Gasteiger partial charge on any atom is -0.465 e. The largest absolute Gasteiger partial charge is 0.465 e. The van der Waals surface area contributed by atoms with E-state index >= 15 is 0 Å². The number of sulfonamides is 1. The molecule has 1 N–H and O–H groups in total. The van der Waals surface area contributed by atoms with Gasteiger partial charge in [-0.05, 0) is 18.6 Å². The molecule has 0 aliphatic carbocycles. The number of nitrogens with zero attached hydrogens (tertiary/aromatic N) is 1. The van der Waals surface area contributed by atoms with E-state index in [0.29, 0.717) is 6.42 Å². The summed E-state index contributed by atoms with van der Waals surface area (Å²) in [4.78, 5) is 11.6. The molecule has 0 bridgehead atoms. The zero-order chi connectivity index (χ0) is 15.2. The third kappa shape index (κ3) is 3.56. The van der Waals surface area contributed by atoms with Gasteiger partial charge < -0.3 is 9.84 Å². The molecule has 0 aliphatic rings. The van der Waals surface area contributed by atoms with Crippen LogP contribution in [0.2, 0.25) is 0 Å². The van der Waals surface area contributed by atoms with Crippen LogP contribution in [0, 0.1) is 0 Å². The van der Waals surface area contributed by atoms with Crippen molar-refractivity contribution in [2.45, 2.75) is 18.2 Å². The Morgan fingerprint density at radius 3 is 2.50 bits per heavy atom. The van der Waals surface area contributed by atoms with Gasteiger partial charge in [0.05, 0.1) is 24.2 Å². The number of benzene rings is 1. The molecule has 0 saturated carbocycles. The standard InChI is InChI=1S/C13H19NO5S/c1-3-8-14(9-10-15)20(17,18)12-7-5-4-6-11(12)13(16)19-2/h4-7,15H,3,8-10H2,1-2H3. The third-order valence-corrected chi connectivity index (χ3v) is 4.69. The number of esters is 1. The maximum Gasteiger partial charge on any atom is 0.339 e. The first-order valence-electron chi connectivity index (χ1n) is 6.27. The lowest BCUT2D eigenvalue weighted by Gasteiger charge is -2.21. The highest BCUT2D eigenvalue weighted by Gasteiger charge is 2.28. The van der Waals surface area contributed by atoms with E-state index in [1.165, 1.54) is 19.2 Å². The summed E-state index contributed by atoms with van der Waals surface area (Å²) in [5.74, 6) is -0.704. The van der Waals surface area contributed by atoms with Crippen LogP contribution in [0.3, 0.4) is 0 Å². The quantitative estimate of drug-likeness (QED) is 0.755. The van der Waals surface area contributed by atoms with Gasteiger partial charge in [-0.15, -0.1) is 0 Å². The van der Waals surface area contributed by atoms with Gasteiger partial charge in [0.25, 0.3) is 0 Å². The molecule has 0 spiro atoms. The minimum absolute atomic E-state index is 0.00552. The van der Waals surface area contributed by atoms with Gasteiger partial charge in [-0.25, -0.2) is 13.2 Å². The molecule has 112 valence electrons. The fraction of sp³-hybridized carbons (Fsp3) is 0.462. The first-order chi connectivity index (χ1) is 9.48. The molecule has 0 aliphatic heterocycles. The second-order valence-corrected chi connectivity index (χ2v) is 6.02. The molecular weight excluding hydrogens is 282 g/mol. The predicted octanol–water partition coefficient (Wildman–Crippen LogP) is 0.866. The maximum absolute atomic E-state index is 12.6. The van der Waals surface area contributed by atoms with E-state index in [2.05, 4.69) is 4.74 Å². The van der Waals surface area contributed by atoms with Gasteiger partial charge in [-0.3, -0.25) is 0 Å². The van der Waals surface area contributed by atoms with Gasteiger partial charge >= 0.3 is 5.97 Å². The van der Waals surface area contributed by atoms with E-state index in [1.807, 2.05) is 6.92 Å². The summed E-state index contributed by atoms with van der Waals surface area (Å²) >= 11 is 0. The molecule has 0 unspecified atom stereocenters. The van der Waals surface area contributed by atoms with E-state index in [0.717, 1.165) is 4.31 Å². The average molecular weight is 301 g/mol. The zero-order valence-electron chi connectivity index (χ0n) is 11.6. The summed E-state index contributed by atoms with van der Waals surface area (Å²) in [6, 6.07) is 5.88. The van der Waals surface area contributed by atoms with E-state index in [9.17, 15) is 13.2 Å². The highest BCUT2D eigenvalue weighted by Crippen LogP contribution is 2.21. The smallest absolute Gasteiger partial charge is 0.339 e. The monoisotopic (exact) mass is 301 g/mol. The van der Waals surface area contributed by atoms with Crippen molar-refractivity contribution in [1.29, 1.82) is 0 Å². The Kier molecular flexibility index (Phi) is 6.12. The number of carbonyl (C=O) groups is 1. The summed E-state index contributed by atoms with van der Waals surface area (Å²) in [5.41, 5.74) is -0.00552. The molecule has 0 saturated heterocycles. The molecule has 1 aromatic carbocycles. The molecule has 0 radical (unpaired) electrons. The summed E-state index contributed by atoms with van der Waals surface area (Å²) < 4.78 is 30.9. The van der Waals surface area contributed by atoms with E-state index in [4.69, 9.17) is 5.11 Å². The van der Waals surface area contributed by atoms with Crippen LogP contribution in [0.1, 0.15) is 23.7 Å². The Labute approximate surface area is 119 Å². The minimum atomic E-state index is -3.84. The van der Waals surface area contributed by atoms with Crippen LogP contribution in [0.25, 0.3) is 0 Å². The Morgan fingerprint density at radius 2 is 1.95 bits per heavy atom. The molecule has 0 amide bonds. The number of aliphatic hydroxyl groups is 1. The molecule has 0 fully saturated rings. The van der Waals surface area contributed by atoms with Crippen molar-refractivity contribution in [1.82, 2.24) is 4.31 Å². The van der Waals surface area contributed by atoms with Crippen molar-refractivity contribution >= 4 is 16.0 Å². The highest BCUT2D eigenvalue weighted by molar-refractivity contribution is 7.89. The SMILES string of the molecule is CCCN(CCO)S(=O)(=O)c1ccccc1C(=O)OC. The van der Waals surface area contributed by atoms with Crippen LogP contribution in [0.15, 0.2) is 29.2 Å². The Bertz CT molecular complexity index is 550. The number of hydrogen-bond donors (Lipinski definition) is 1.